The smallest absolute Gasteiger partial charge is 0.227 e. The van der Waals surface area contributed by atoms with Crippen LogP contribution in [-0.2, 0) is 11.2 Å². The molecule has 0 saturated heterocycles. The fourth-order valence-corrected chi connectivity index (χ4v) is 3.25. The number of nitrogens with one attached hydrogen (secondary N) is 1. The maximum absolute atomic E-state index is 12.5. The predicted molar refractivity (Wildman–Crippen MR) is 78.5 cm³/mol. The van der Waals surface area contributed by atoms with E-state index in [1.54, 1.807) is 0 Å². The molecule has 2 aliphatic rings. The van der Waals surface area contributed by atoms with Gasteiger partial charge in [0.1, 0.15) is 0 Å². The topological polar surface area (TPSA) is 52.6 Å². The van der Waals surface area contributed by atoms with Crippen molar-refractivity contribution in [3.63, 3.8) is 0 Å². The second-order valence-electron chi connectivity index (χ2n) is 6.15. The van der Waals surface area contributed by atoms with E-state index in [4.69, 9.17) is 0 Å². The van der Waals surface area contributed by atoms with Gasteiger partial charge in [-0.3, -0.25) is 4.79 Å². The minimum atomic E-state index is -0.147. The van der Waals surface area contributed by atoms with Crippen LogP contribution in [0.1, 0.15) is 18.4 Å². The number of hydrogen-bond donors (Lipinski definition) is 2. The average Bonchev–Trinajstić information content (AvgIpc) is 2.44. The third-order valence-corrected chi connectivity index (χ3v) is 4.49. The molecule has 1 unspecified atom stereocenters. The molecule has 1 fully saturated rings. The Morgan fingerprint density at radius 1 is 1.40 bits per heavy atom. The number of amides is 1. The van der Waals surface area contributed by atoms with Crippen LogP contribution in [0, 0.1) is 11.8 Å². The molecule has 1 saturated carbocycles. The average molecular weight is 274 g/mol. The van der Waals surface area contributed by atoms with Gasteiger partial charge in [0.15, 0.2) is 0 Å². The van der Waals surface area contributed by atoms with Gasteiger partial charge in [0.2, 0.25) is 5.91 Å². The Morgan fingerprint density at radius 3 is 2.90 bits per heavy atom. The normalized spacial score (nSPS) is 28.0. The van der Waals surface area contributed by atoms with Crippen LogP contribution in [0.3, 0.4) is 0 Å². The molecule has 2 N–H and O–H groups in total. The molecule has 1 aromatic rings. The van der Waals surface area contributed by atoms with E-state index < -0.39 is 0 Å². The van der Waals surface area contributed by atoms with Crippen molar-refractivity contribution in [2.24, 2.45) is 11.8 Å². The van der Waals surface area contributed by atoms with E-state index in [-0.39, 0.29) is 17.9 Å². The molecule has 1 amide bonds. The van der Waals surface area contributed by atoms with Gasteiger partial charge in [0, 0.05) is 25.8 Å². The molecule has 0 aromatic heterocycles. The molecule has 108 valence electrons. The summed E-state index contributed by atoms with van der Waals surface area (Å²) >= 11 is 0. The van der Waals surface area contributed by atoms with Gasteiger partial charge in [-0.15, -0.1) is 0 Å². The predicted octanol–water partition coefficient (Wildman–Crippen LogP) is 1.50. The van der Waals surface area contributed by atoms with Crippen molar-refractivity contribution in [1.82, 2.24) is 4.90 Å². The van der Waals surface area contributed by atoms with Crippen molar-refractivity contribution in [1.29, 1.82) is 0 Å². The Morgan fingerprint density at radius 2 is 2.15 bits per heavy atom. The number of aliphatic hydroxyl groups excluding tert-OH is 1. The van der Waals surface area contributed by atoms with Gasteiger partial charge in [-0.05, 0) is 36.8 Å². The summed E-state index contributed by atoms with van der Waals surface area (Å²) in [5.41, 5.74) is 2.38. The van der Waals surface area contributed by atoms with E-state index in [2.05, 4.69) is 17.4 Å². The highest BCUT2D eigenvalue weighted by atomic mass is 16.3. The molecule has 0 radical (unpaired) electrons. The fraction of sp³-hybridized carbons (Fsp3) is 0.562. The van der Waals surface area contributed by atoms with E-state index in [0.29, 0.717) is 12.5 Å². The first-order chi connectivity index (χ1) is 9.63. The lowest BCUT2D eigenvalue weighted by Crippen LogP contribution is -2.44. The number of rotatable bonds is 3. The number of para-hydroxylation sites is 1. The SMILES string of the molecule is CN(CC1CC(O)C1)C(=O)C1CNc2ccccc2C1. The molecular weight excluding hydrogens is 252 g/mol. The molecule has 4 heteroatoms. The number of nitrogens with zero attached hydrogens (tertiary/aromatic N) is 1. The number of fused-ring (bicyclic) bond motifs is 1. The lowest BCUT2D eigenvalue weighted by Gasteiger charge is -2.36. The van der Waals surface area contributed by atoms with Gasteiger partial charge in [-0.25, -0.2) is 0 Å². The quantitative estimate of drug-likeness (QED) is 0.878. The van der Waals surface area contributed by atoms with Gasteiger partial charge >= 0.3 is 0 Å². The maximum atomic E-state index is 12.5. The monoisotopic (exact) mass is 274 g/mol. The standard InChI is InChI=1S/C16H22N2O2/c1-18(10-11-6-14(19)7-11)16(20)13-8-12-4-2-3-5-15(12)17-9-13/h2-5,11,13-14,17,19H,6-10H2,1H3. The minimum Gasteiger partial charge on any atom is -0.393 e. The molecule has 4 nitrogen and oxygen atoms in total. The molecule has 1 aliphatic carbocycles. The molecular formula is C16H22N2O2. The number of aliphatic hydroxyl groups is 1. The third kappa shape index (κ3) is 2.66. The molecule has 1 atom stereocenters. The summed E-state index contributed by atoms with van der Waals surface area (Å²) in [4.78, 5) is 14.3. The zero-order chi connectivity index (χ0) is 14.1. The number of carbonyl (C=O) groups is 1. The first-order valence-corrected chi connectivity index (χ1v) is 7.38. The summed E-state index contributed by atoms with van der Waals surface area (Å²) in [5, 5.41) is 12.7. The lowest BCUT2D eigenvalue weighted by molar-refractivity contribution is -0.135. The largest absolute Gasteiger partial charge is 0.393 e. The molecule has 1 heterocycles. The number of benzene rings is 1. The fourth-order valence-electron chi connectivity index (χ4n) is 3.25. The van der Waals surface area contributed by atoms with Gasteiger partial charge in [-0.1, -0.05) is 18.2 Å². The summed E-state index contributed by atoms with van der Waals surface area (Å²) < 4.78 is 0. The molecule has 0 bridgehead atoms. The van der Waals surface area contributed by atoms with Crippen LogP contribution in [0.15, 0.2) is 24.3 Å². The zero-order valence-electron chi connectivity index (χ0n) is 11.9. The Kier molecular flexibility index (Phi) is 3.66. The molecule has 3 rings (SSSR count). The Balaban J connectivity index is 1.58. The zero-order valence-corrected chi connectivity index (χ0v) is 11.9. The van der Waals surface area contributed by atoms with E-state index >= 15 is 0 Å². The van der Waals surface area contributed by atoms with E-state index in [1.165, 1.54) is 5.56 Å². The lowest BCUT2D eigenvalue weighted by atomic mass is 9.82. The van der Waals surface area contributed by atoms with Crippen LogP contribution in [0.2, 0.25) is 0 Å². The van der Waals surface area contributed by atoms with Crippen LogP contribution in [0.25, 0.3) is 0 Å². The van der Waals surface area contributed by atoms with Crippen LogP contribution in [-0.4, -0.2) is 42.2 Å². The summed E-state index contributed by atoms with van der Waals surface area (Å²) in [6.45, 7) is 1.49. The highest BCUT2D eigenvalue weighted by Gasteiger charge is 2.32. The van der Waals surface area contributed by atoms with E-state index in [0.717, 1.165) is 31.5 Å². The molecule has 1 aromatic carbocycles. The Hall–Kier alpha value is -1.55. The summed E-state index contributed by atoms with van der Waals surface area (Å²) in [6, 6.07) is 8.19. The number of carbonyl (C=O) groups excluding carboxylic acids is 1. The number of anilines is 1. The molecule has 1 aliphatic heterocycles. The Labute approximate surface area is 119 Å². The Bertz CT molecular complexity index is 497. The summed E-state index contributed by atoms with van der Waals surface area (Å²) in [6.07, 6.45) is 2.35. The first-order valence-electron chi connectivity index (χ1n) is 7.38. The second-order valence-corrected chi connectivity index (χ2v) is 6.15. The molecule has 0 spiro atoms. The molecule has 20 heavy (non-hydrogen) atoms. The van der Waals surface area contributed by atoms with Crippen molar-refractivity contribution in [3.8, 4) is 0 Å². The van der Waals surface area contributed by atoms with Gasteiger partial charge in [0.25, 0.3) is 0 Å². The van der Waals surface area contributed by atoms with E-state index in [9.17, 15) is 9.90 Å². The van der Waals surface area contributed by atoms with Crippen molar-refractivity contribution in [2.45, 2.75) is 25.4 Å². The highest BCUT2D eigenvalue weighted by molar-refractivity contribution is 5.80. The summed E-state index contributed by atoms with van der Waals surface area (Å²) in [7, 11) is 1.88. The highest BCUT2D eigenvalue weighted by Crippen LogP contribution is 2.29. The second kappa shape index (κ2) is 5.44. The van der Waals surface area contributed by atoms with Crippen molar-refractivity contribution < 1.29 is 9.90 Å². The van der Waals surface area contributed by atoms with Gasteiger partial charge < -0.3 is 15.3 Å². The van der Waals surface area contributed by atoms with Gasteiger partial charge in [0.05, 0.1) is 12.0 Å². The van der Waals surface area contributed by atoms with Crippen molar-refractivity contribution in [2.75, 3.05) is 25.5 Å². The van der Waals surface area contributed by atoms with Crippen molar-refractivity contribution in [3.05, 3.63) is 29.8 Å². The first kappa shape index (κ1) is 13.4. The summed E-state index contributed by atoms with van der Waals surface area (Å²) in [5.74, 6) is 0.719. The van der Waals surface area contributed by atoms with Gasteiger partial charge in [-0.2, -0.15) is 0 Å². The van der Waals surface area contributed by atoms with Crippen LogP contribution in [0.4, 0.5) is 5.69 Å². The van der Waals surface area contributed by atoms with Crippen LogP contribution >= 0.6 is 0 Å². The third-order valence-electron chi connectivity index (χ3n) is 4.49. The van der Waals surface area contributed by atoms with Crippen molar-refractivity contribution >= 4 is 11.6 Å². The van der Waals surface area contributed by atoms with Crippen LogP contribution in [0.5, 0.6) is 0 Å². The van der Waals surface area contributed by atoms with E-state index in [1.807, 2.05) is 24.1 Å². The minimum absolute atomic E-state index is 0.0277. The van der Waals surface area contributed by atoms with Crippen LogP contribution < -0.4 is 5.32 Å². The number of hydrogen-bond acceptors (Lipinski definition) is 3. The maximum Gasteiger partial charge on any atom is 0.227 e.